The number of hydrogen-bond donors (Lipinski definition) is 1. The summed E-state index contributed by atoms with van der Waals surface area (Å²) in [7, 11) is 0. The van der Waals surface area contributed by atoms with Gasteiger partial charge < -0.3 is 14.6 Å². The molecule has 5 rings (SSSR count). The van der Waals surface area contributed by atoms with Crippen LogP contribution in [0.5, 0.6) is 11.5 Å². The number of aryl methyl sites for hydroxylation is 2. The second kappa shape index (κ2) is 11.8. The normalized spacial score (nSPS) is 11.6. The van der Waals surface area contributed by atoms with E-state index in [-0.39, 0.29) is 42.0 Å². The van der Waals surface area contributed by atoms with Crippen LogP contribution in [-0.2, 0) is 12.7 Å². The summed E-state index contributed by atoms with van der Waals surface area (Å²) in [6, 6.07) is 9.14. The number of carboxylic acids is 1. The molecule has 3 aromatic heterocycles. The molecule has 226 valence electrons. The number of alkyl halides is 3. The van der Waals surface area contributed by atoms with Crippen molar-refractivity contribution in [1.82, 2.24) is 14.5 Å². The van der Waals surface area contributed by atoms with Gasteiger partial charge in [-0.2, -0.15) is 18.4 Å². The maximum atomic E-state index is 13.8. The monoisotopic (exact) mass is 642 g/mol. The Kier molecular flexibility index (Phi) is 8.24. The fourth-order valence-electron chi connectivity index (χ4n) is 4.92. The summed E-state index contributed by atoms with van der Waals surface area (Å²) in [5.74, 6) is -1.31. The van der Waals surface area contributed by atoms with Gasteiger partial charge in [0.2, 0.25) is 0 Å². The Labute approximate surface area is 256 Å². The minimum absolute atomic E-state index is 0.0571. The van der Waals surface area contributed by atoms with Gasteiger partial charge in [0, 0.05) is 27.2 Å². The van der Waals surface area contributed by atoms with Crippen molar-refractivity contribution < 1.29 is 32.5 Å². The zero-order valence-corrected chi connectivity index (χ0v) is 24.9. The first-order chi connectivity index (χ1) is 20.8. The van der Waals surface area contributed by atoms with Crippen LogP contribution in [0.25, 0.3) is 32.2 Å². The molecule has 5 aromatic rings. The average Bonchev–Trinajstić information content (AvgIpc) is 3.38. The topological polar surface area (TPSA) is 127 Å². The lowest BCUT2D eigenvalue weighted by molar-refractivity contribution is -0.138. The first kappa shape index (κ1) is 30.8. The lowest BCUT2D eigenvalue weighted by Crippen LogP contribution is -2.27. The highest BCUT2D eigenvalue weighted by Crippen LogP contribution is 2.42. The van der Waals surface area contributed by atoms with E-state index in [0.29, 0.717) is 43.9 Å². The summed E-state index contributed by atoms with van der Waals surface area (Å²) in [6.45, 7) is 4.41. The Hall–Kier alpha value is -4.67. The molecule has 0 atom stereocenters. The third kappa shape index (κ3) is 5.54. The van der Waals surface area contributed by atoms with Crippen LogP contribution in [0, 0.1) is 25.2 Å². The minimum Gasteiger partial charge on any atom is -0.492 e. The molecule has 3 heterocycles. The molecule has 0 bridgehead atoms. The standard InChI is InChI=1S/C30H22ClF3N4O5S/c1-4-42-26-19(12-35)24-22(11-21(26)30(32,33)34)37-15(3)38(28(24)39)7-8-43-23-6-5-16(31)10-17(23)18-9-14(2)36-25-20(29(40)41)13-44-27(18)25/h5-6,9-11,13H,4,7-8H2,1-3H3,(H,40,41). The number of nitriles is 1. The highest BCUT2D eigenvalue weighted by atomic mass is 35.5. The SMILES string of the molecule is CCOc1c(C(F)(F)F)cc2nc(C)n(CCOc3ccc(Cl)cc3-c3cc(C)nc4c(C(=O)O)csc34)c(=O)c2c1C#N. The fraction of sp³-hybridized carbons (Fsp3) is 0.233. The van der Waals surface area contributed by atoms with E-state index in [1.54, 1.807) is 37.3 Å². The lowest BCUT2D eigenvalue weighted by Gasteiger charge is -2.18. The number of aromatic nitrogens is 3. The molecule has 0 amide bonds. The molecule has 9 nitrogen and oxygen atoms in total. The van der Waals surface area contributed by atoms with E-state index in [9.17, 15) is 33.1 Å². The number of thiophene rings is 1. The molecule has 0 aliphatic heterocycles. The molecule has 0 saturated heterocycles. The highest BCUT2D eigenvalue weighted by Gasteiger charge is 2.37. The van der Waals surface area contributed by atoms with Crippen LogP contribution in [0.15, 0.2) is 40.5 Å². The van der Waals surface area contributed by atoms with Crippen LogP contribution < -0.4 is 15.0 Å². The van der Waals surface area contributed by atoms with Gasteiger partial charge in [-0.3, -0.25) is 14.3 Å². The number of pyridine rings is 1. The Bertz CT molecular complexity index is 2070. The number of carbonyl (C=O) groups is 1. The van der Waals surface area contributed by atoms with Crippen LogP contribution in [-0.4, -0.2) is 38.8 Å². The van der Waals surface area contributed by atoms with Crippen LogP contribution in [0.4, 0.5) is 13.2 Å². The van der Waals surface area contributed by atoms with Gasteiger partial charge in [-0.15, -0.1) is 11.3 Å². The second-order valence-corrected chi connectivity index (χ2v) is 10.9. The van der Waals surface area contributed by atoms with Gasteiger partial charge in [0.15, 0.2) is 0 Å². The van der Waals surface area contributed by atoms with Crippen molar-refractivity contribution in [3.8, 4) is 28.7 Å². The van der Waals surface area contributed by atoms with Crippen molar-refractivity contribution >= 4 is 50.0 Å². The maximum absolute atomic E-state index is 13.8. The van der Waals surface area contributed by atoms with E-state index in [1.807, 2.05) is 0 Å². The molecular weight excluding hydrogens is 621 g/mol. The molecule has 0 radical (unpaired) electrons. The summed E-state index contributed by atoms with van der Waals surface area (Å²) in [4.78, 5) is 33.9. The molecule has 0 unspecified atom stereocenters. The van der Waals surface area contributed by atoms with Gasteiger partial charge in [0.1, 0.15) is 41.1 Å². The number of benzene rings is 2. The number of fused-ring (bicyclic) bond motifs is 2. The third-order valence-electron chi connectivity index (χ3n) is 6.78. The number of halogens is 4. The van der Waals surface area contributed by atoms with E-state index in [1.165, 1.54) is 35.1 Å². The Morgan fingerprint density at radius 3 is 2.57 bits per heavy atom. The predicted octanol–water partition coefficient (Wildman–Crippen LogP) is 7.01. The highest BCUT2D eigenvalue weighted by molar-refractivity contribution is 7.18. The number of aromatic carboxylic acids is 1. The van der Waals surface area contributed by atoms with Crippen LogP contribution in [0.1, 0.15) is 39.9 Å². The zero-order valence-electron chi connectivity index (χ0n) is 23.4. The molecular formula is C30H22ClF3N4O5S. The first-order valence-corrected chi connectivity index (χ1v) is 14.3. The van der Waals surface area contributed by atoms with E-state index in [0.717, 1.165) is 0 Å². The molecule has 14 heteroatoms. The summed E-state index contributed by atoms with van der Waals surface area (Å²) >= 11 is 7.54. The summed E-state index contributed by atoms with van der Waals surface area (Å²) in [6.07, 6.45) is -4.84. The first-order valence-electron chi connectivity index (χ1n) is 13.1. The summed E-state index contributed by atoms with van der Waals surface area (Å²) < 4.78 is 54.5. The molecule has 1 N–H and O–H groups in total. The van der Waals surface area contributed by atoms with Gasteiger partial charge in [-0.1, -0.05) is 11.6 Å². The van der Waals surface area contributed by atoms with E-state index in [4.69, 9.17) is 21.1 Å². The van der Waals surface area contributed by atoms with Crippen molar-refractivity contribution in [1.29, 1.82) is 5.26 Å². The summed E-state index contributed by atoms with van der Waals surface area (Å²) in [5.41, 5.74) is -0.505. The van der Waals surface area contributed by atoms with Gasteiger partial charge in [-0.25, -0.2) is 9.78 Å². The quantitative estimate of drug-likeness (QED) is 0.191. The van der Waals surface area contributed by atoms with E-state index >= 15 is 0 Å². The fourth-order valence-corrected chi connectivity index (χ4v) is 6.10. The van der Waals surface area contributed by atoms with Crippen molar-refractivity contribution in [3.63, 3.8) is 0 Å². The molecule has 0 fully saturated rings. The molecule has 2 aromatic carbocycles. The van der Waals surface area contributed by atoms with Crippen molar-refractivity contribution in [3.05, 3.63) is 79.3 Å². The molecule has 44 heavy (non-hydrogen) atoms. The number of carboxylic acid groups (broad SMARTS) is 1. The Morgan fingerprint density at radius 2 is 1.91 bits per heavy atom. The second-order valence-electron chi connectivity index (χ2n) is 9.61. The largest absolute Gasteiger partial charge is 0.492 e. The third-order valence-corrected chi connectivity index (χ3v) is 8.02. The lowest BCUT2D eigenvalue weighted by atomic mass is 10.0. The smallest absolute Gasteiger partial charge is 0.420 e. The van der Waals surface area contributed by atoms with E-state index < -0.39 is 34.6 Å². The Balaban J connectivity index is 1.54. The van der Waals surface area contributed by atoms with Crippen LogP contribution in [0.2, 0.25) is 5.02 Å². The zero-order chi connectivity index (χ0) is 31.9. The predicted molar refractivity (Wildman–Crippen MR) is 159 cm³/mol. The van der Waals surface area contributed by atoms with Gasteiger partial charge >= 0.3 is 12.1 Å². The number of rotatable bonds is 8. The molecule has 0 aliphatic rings. The van der Waals surface area contributed by atoms with Crippen molar-refractivity contribution in [2.75, 3.05) is 13.2 Å². The van der Waals surface area contributed by atoms with Crippen molar-refractivity contribution in [2.45, 2.75) is 33.5 Å². The number of ether oxygens (including phenoxy) is 2. The number of hydrogen-bond acceptors (Lipinski definition) is 8. The van der Waals surface area contributed by atoms with E-state index in [2.05, 4.69) is 9.97 Å². The number of nitrogens with zero attached hydrogens (tertiary/aromatic N) is 4. The molecule has 0 saturated carbocycles. The van der Waals surface area contributed by atoms with Crippen LogP contribution >= 0.6 is 22.9 Å². The van der Waals surface area contributed by atoms with Crippen molar-refractivity contribution in [2.24, 2.45) is 0 Å². The minimum atomic E-state index is -4.84. The molecule has 0 aliphatic carbocycles. The maximum Gasteiger partial charge on any atom is 0.420 e. The summed E-state index contributed by atoms with van der Waals surface area (Å²) in [5, 5.41) is 21.0. The van der Waals surface area contributed by atoms with Gasteiger partial charge in [0.05, 0.1) is 39.8 Å². The average molecular weight is 643 g/mol. The molecule has 0 spiro atoms. The van der Waals surface area contributed by atoms with Gasteiger partial charge in [0.25, 0.3) is 5.56 Å². The van der Waals surface area contributed by atoms with Gasteiger partial charge in [-0.05, 0) is 51.1 Å². The van der Waals surface area contributed by atoms with Crippen LogP contribution in [0.3, 0.4) is 0 Å². The Morgan fingerprint density at radius 1 is 1.16 bits per heavy atom.